The summed E-state index contributed by atoms with van der Waals surface area (Å²) in [4.78, 5) is 0. The van der Waals surface area contributed by atoms with Crippen LogP contribution < -0.4 is 28.7 Å². The van der Waals surface area contributed by atoms with Crippen LogP contribution in [0.5, 0.6) is 0 Å². The van der Waals surface area contributed by atoms with E-state index < -0.39 is 0 Å². The Labute approximate surface area is 378 Å². The van der Waals surface area contributed by atoms with Crippen LogP contribution in [0.3, 0.4) is 0 Å². The molecule has 0 radical (unpaired) electrons. The zero-order chi connectivity index (χ0) is 47.9. The van der Waals surface area contributed by atoms with Gasteiger partial charge in [0.15, 0.2) is 29.1 Å². The van der Waals surface area contributed by atoms with Crippen molar-refractivity contribution < 1.29 is 0 Å². The number of nitrogens with zero attached hydrogens (tertiary/aromatic N) is 15. The molecule has 65 heavy (non-hydrogen) atoms. The summed E-state index contributed by atoms with van der Waals surface area (Å²) < 4.78 is 8.34. The summed E-state index contributed by atoms with van der Waals surface area (Å²) in [5.74, 6) is 2.15. The predicted octanol–water partition coefficient (Wildman–Crippen LogP) is 5.73. The fourth-order valence-corrected chi connectivity index (χ4v) is 5.52. The monoisotopic (exact) mass is 874 g/mol. The number of aryl methyl sites for hydroxylation is 3. The van der Waals surface area contributed by atoms with Gasteiger partial charge in [0.25, 0.3) is 0 Å². The Bertz CT molecular complexity index is 2750. The lowest BCUT2D eigenvalue weighted by Gasteiger charge is -2.11. The molecule has 0 saturated carbocycles. The lowest BCUT2D eigenvalue weighted by molar-refractivity contribution is 0.488. The van der Waals surface area contributed by atoms with E-state index in [-0.39, 0.29) is 17.7 Å². The Morgan fingerprint density at radius 3 is 1.35 bits per heavy atom. The van der Waals surface area contributed by atoms with Crippen molar-refractivity contribution in [1.82, 2.24) is 48.9 Å². The van der Waals surface area contributed by atoms with Crippen molar-refractivity contribution in [3.05, 3.63) is 131 Å². The summed E-state index contributed by atoms with van der Waals surface area (Å²) in [6, 6.07) is 29.8. The summed E-state index contributed by atoms with van der Waals surface area (Å²) in [5, 5.41) is 63.0. The highest BCUT2D eigenvalue weighted by molar-refractivity contribution is 5.49. The molecule has 0 spiro atoms. The third-order valence-electron chi connectivity index (χ3n) is 9.13. The molecule has 0 aliphatic heterocycles. The van der Waals surface area contributed by atoms with Gasteiger partial charge in [-0.2, -0.15) is 51.8 Å². The number of aromatic nitrogens is 10. The van der Waals surface area contributed by atoms with Crippen LogP contribution in [-0.2, 0) is 26.7 Å². The second kappa shape index (κ2) is 25.7. The van der Waals surface area contributed by atoms with Crippen LogP contribution in [0.2, 0.25) is 0 Å². The third kappa shape index (κ3) is 16.1. The molecule has 1 unspecified atom stereocenters. The molecule has 5 heterocycles. The number of anilines is 5. The maximum absolute atomic E-state index is 8.80. The number of rotatable bonds is 10. The highest BCUT2D eigenvalue weighted by Gasteiger charge is 2.12. The van der Waals surface area contributed by atoms with Crippen LogP contribution >= 0.6 is 0 Å². The molecule has 0 saturated heterocycles. The number of nitriles is 5. The molecule has 0 aliphatic carbocycles. The zero-order valence-corrected chi connectivity index (χ0v) is 37.2. The highest BCUT2D eigenvalue weighted by Crippen LogP contribution is 2.19. The normalized spacial score (nSPS) is 10.3. The van der Waals surface area contributed by atoms with Crippen molar-refractivity contribution in [3.8, 4) is 30.3 Å². The van der Waals surface area contributed by atoms with Crippen molar-refractivity contribution in [3.63, 3.8) is 0 Å². The maximum Gasteiger partial charge on any atom is 0.163 e. The molecule has 7 aromatic rings. The van der Waals surface area contributed by atoms with Crippen LogP contribution in [0, 0.1) is 62.6 Å². The van der Waals surface area contributed by atoms with Gasteiger partial charge >= 0.3 is 0 Å². The number of hydrogen-bond acceptors (Lipinski definition) is 15. The lowest BCUT2D eigenvalue weighted by Crippen LogP contribution is -2.07. The first-order valence-electron chi connectivity index (χ1n) is 20.4. The minimum atomic E-state index is 0.0746. The third-order valence-corrected chi connectivity index (χ3v) is 9.13. The molecule has 20 nitrogen and oxygen atoms in total. The number of unbranched alkanes of at least 4 members (excludes halogenated alkanes) is 1. The van der Waals surface area contributed by atoms with Crippen LogP contribution in [0.1, 0.15) is 91.9 Å². The topological polar surface area (TPSA) is 338 Å². The molecule has 0 fully saturated rings. The van der Waals surface area contributed by atoms with Crippen LogP contribution in [0.25, 0.3) is 0 Å². The molecule has 0 amide bonds. The van der Waals surface area contributed by atoms with E-state index in [2.05, 4.69) is 46.3 Å². The summed E-state index contributed by atoms with van der Waals surface area (Å²) in [6.45, 7) is 10.7. The average molecular weight is 875 g/mol. The summed E-state index contributed by atoms with van der Waals surface area (Å²) >= 11 is 0. The van der Waals surface area contributed by atoms with Gasteiger partial charge < -0.3 is 28.7 Å². The van der Waals surface area contributed by atoms with Gasteiger partial charge in [-0.25, -0.2) is 0 Å². The molecule has 2 aromatic carbocycles. The van der Waals surface area contributed by atoms with Gasteiger partial charge in [-0.1, -0.05) is 87.9 Å². The lowest BCUT2D eigenvalue weighted by atomic mass is 10.1. The van der Waals surface area contributed by atoms with Crippen LogP contribution in [-0.4, -0.2) is 48.9 Å². The van der Waals surface area contributed by atoms with Crippen LogP contribution in [0.15, 0.2) is 91.6 Å². The fraction of sp³-hybridized carbons (Fsp3) is 0.289. The molecular weight excluding hydrogens is 821 g/mol. The molecular formula is C45H54N20. The molecule has 7 rings (SSSR count). The van der Waals surface area contributed by atoms with E-state index in [1.54, 1.807) is 56.8 Å². The smallest absolute Gasteiger partial charge is 0.163 e. The van der Waals surface area contributed by atoms with Crippen molar-refractivity contribution in [2.24, 2.45) is 13.0 Å². The Hall–Kier alpha value is -9.06. The first-order chi connectivity index (χ1) is 31.2. The SMILES string of the molecule is CC(C)CCn1cc(C#N)c(N)n1.CC(c1ccccc1)n1cc(C#N)c(N)n1.CCCCn1cc(C#N)c(N)n1.Cn1cc(C#N)c(N)n1.N#Cc1cn(Cc2ccccc2)nc1N. The molecule has 10 N–H and O–H groups in total. The number of nitrogens with two attached hydrogens (primary N) is 5. The molecule has 0 bridgehead atoms. The molecule has 20 heteroatoms. The summed E-state index contributed by atoms with van der Waals surface area (Å²) in [6.07, 6.45) is 11.5. The molecule has 1 atom stereocenters. The minimum Gasteiger partial charge on any atom is -0.381 e. The zero-order valence-electron chi connectivity index (χ0n) is 37.2. The van der Waals surface area contributed by atoms with Crippen molar-refractivity contribution in [2.75, 3.05) is 28.7 Å². The van der Waals surface area contributed by atoms with E-state index in [1.165, 1.54) is 4.68 Å². The average Bonchev–Trinajstić information content (AvgIpc) is 4.13. The van der Waals surface area contributed by atoms with E-state index in [0.717, 1.165) is 43.5 Å². The van der Waals surface area contributed by atoms with Gasteiger partial charge in [-0.05, 0) is 36.8 Å². The minimum absolute atomic E-state index is 0.0746. The summed E-state index contributed by atoms with van der Waals surface area (Å²) in [7, 11) is 1.72. The standard InChI is InChI=1S/C12H12N4.C11H10N4.C9H14N4.C8H12N4.C5H6N4/c1-9(10-5-3-2-4-6-10)16-8-11(7-13)12(14)15-16;12-6-10-8-15(14-11(10)13)7-9-4-2-1-3-5-9;1-7(2)3-4-13-6-8(5-10)9(11)12-13;1-2-3-4-12-6-7(5-9)8(10)11-12;1-9-3-4(2-6)5(7)8-9/h2-6,8-9H,1H3,(H2,14,15);1-5,8H,7H2,(H2,13,14);6-7H,3-4H2,1-2H3,(H2,11,12);6H,2-4H2,1H3,(H2,10,11);3H,1H3,(H2,7,8). The van der Waals surface area contributed by atoms with Gasteiger partial charge in [0.2, 0.25) is 0 Å². The molecule has 5 aromatic heterocycles. The van der Waals surface area contributed by atoms with E-state index >= 15 is 0 Å². The largest absolute Gasteiger partial charge is 0.381 e. The van der Waals surface area contributed by atoms with E-state index in [9.17, 15) is 0 Å². The second-order valence-corrected chi connectivity index (χ2v) is 14.7. The van der Waals surface area contributed by atoms with E-state index in [1.807, 2.05) is 97.9 Å². The van der Waals surface area contributed by atoms with Gasteiger partial charge in [0.05, 0.1) is 12.6 Å². The summed E-state index contributed by atoms with van der Waals surface area (Å²) in [5.41, 5.74) is 31.9. The maximum atomic E-state index is 8.80. The van der Waals surface area contributed by atoms with Gasteiger partial charge in [0, 0.05) is 51.1 Å². The Morgan fingerprint density at radius 2 is 0.938 bits per heavy atom. The van der Waals surface area contributed by atoms with Gasteiger partial charge in [0.1, 0.15) is 58.2 Å². The molecule has 334 valence electrons. The number of nitrogen functional groups attached to an aromatic ring is 5. The Morgan fingerprint density at radius 1 is 0.523 bits per heavy atom. The van der Waals surface area contributed by atoms with E-state index in [0.29, 0.717) is 57.7 Å². The number of hydrogen-bond donors (Lipinski definition) is 5. The Balaban J connectivity index is 0.000000218. The van der Waals surface area contributed by atoms with Gasteiger partial charge in [-0.3, -0.25) is 23.4 Å². The number of benzene rings is 2. The first-order valence-corrected chi connectivity index (χ1v) is 20.4. The first kappa shape index (κ1) is 50.3. The van der Waals surface area contributed by atoms with Crippen molar-refractivity contribution in [2.45, 2.75) is 72.6 Å². The van der Waals surface area contributed by atoms with Crippen molar-refractivity contribution in [1.29, 1.82) is 26.3 Å². The Kier molecular flexibility index (Phi) is 19.8. The predicted molar refractivity (Wildman–Crippen MR) is 248 cm³/mol. The fourth-order valence-electron chi connectivity index (χ4n) is 5.52. The second-order valence-electron chi connectivity index (χ2n) is 14.7. The highest BCUT2D eigenvalue weighted by atomic mass is 15.3. The van der Waals surface area contributed by atoms with Crippen molar-refractivity contribution >= 4 is 29.1 Å². The quantitative estimate of drug-likeness (QED) is 0.110. The molecule has 0 aliphatic rings. The van der Waals surface area contributed by atoms with E-state index in [4.69, 9.17) is 55.0 Å². The van der Waals surface area contributed by atoms with Gasteiger partial charge in [-0.15, -0.1) is 0 Å². The van der Waals surface area contributed by atoms with Crippen LogP contribution in [0.4, 0.5) is 29.1 Å².